The number of urea groups is 1. The molecule has 11 nitrogen and oxygen atoms in total. The molecule has 0 heterocycles. The monoisotopic (exact) mass is 374 g/mol. The van der Waals surface area contributed by atoms with Gasteiger partial charge in [0.15, 0.2) is 0 Å². The van der Waals surface area contributed by atoms with E-state index in [0.717, 1.165) is 0 Å². The Hall–Kier alpha value is -0.640. The van der Waals surface area contributed by atoms with Crippen molar-refractivity contribution in [3.8, 4) is 0 Å². The number of carbonyl (C=O) groups excluding carboxylic acids is 1. The van der Waals surface area contributed by atoms with Gasteiger partial charge in [0, 0.05) is 0 Å². The Morgan fingerprint density at radius 3 is 1.14 bits per heavy atom. The molecule has 2 amide bonds. The first-order chi connectivity index (χ1) is 8.85. The van der Waals surface area contributed by atoms with Crippen LogP contribution in [0.5, 0.6) is 0 Å². The van der Waals surface area contributed by atoms with E-state index in [4.69, 9.17) is 13.9 Å². The number of carbonyl (C=O) groups is 1. The lowest BCUT2D eigenvalue weighted by molar-refractivity contribution is 0.256. The van der Waals surface area contributed by atoms with Gasteiger partial charge in [-0.05, 0) is 12.8 Å². The molecule has 0 saturated heterocycles. The van der Waals surface area contributed by atoms with Crippen LogP contribution in [0.4, 0.5) is 4.79 Å². The zero-order chi connectivity index (χ0) is 16.8. The molecule has 0 aromatic rings. The number of hydrogen-bond acceptors (Lipinski definition) is 7. The Balaban J connectivity index is -0.000000107. The largest absolute Gasteiger partial charge is 0.397 e. The molecule has 0 atom stereocenters. The summed E-state index contributed by atoms with van der Waals surface area (Å²) in [5.74, 6) is 0. The maximum absolute atomic E-state index is 9.72. The highest BCUT2D eigenvalue weighted by atomic mass is 32.3. The van der Waals surface area contributed by atoms with Crippen LogP contribution in [0.2, 0.25) is 0 Å². The molecular weight excluding hydrogens is 352 g/mol. The van der Waals surface area contributed by atoms with Crippen molar-refractivity contribution < 1.29 is 39.1 Å². The van der Waals surface area contributed by atoms with Crippen molar-refractivity contribution in [1.29, 1.82) is 0 Å². The van der Waals surface area contributed by atoms with E-state index in [2.05, 4.69) is 19.8 Å². The lowest BCUT2D eigenvalue weighted by Gasteiger charge is -1.92. The smallest absolute Gasteiger partial charge is 0.352 e. The maximum atomic E-state index is 9.72. The van der Waals surface area contributed by atoms with E-state index in [0.29, 0.717) is 12.8 Å². The number of rotatable bonds is 6. The standard InChI is InChI=1S/2C3H8O4S.CH4N2O.H2S/c2*1-2-3-7-8(4,5)6;2-1(3)4;/h2*2-3H2,1H3,(H,4,5,6);(H4,2,3,4);1H2. The molecule has 0 aromatic heterocycles. The topological polar surface area (TPSA) is 196 Å². The highest BCUT2D eigenvalue weighted by molar-refractivity contribution is 7.81. The molecule has 0 aliphatic heterocycles. The van der Waals surface area contributed by atoms with Gasteiger partial charge in [0.1, 0.15) is 0 Å². The summed E-state index contributed by atoms with van der Waals surface area (Å²) in [6.45, 7) is 3.56. The average Bonchev–Trinajstić information content (AvgIpc) is 2.21. The molecule has 0 bridgehead atoms. The predicted octanol–water partition coefficient (Wildman–Crippen LogP) is -0.432. The third-order valence-electron chi connectivity index (χ3n) is 0.873. The molecule has 0 spiro atoms. The lowest BCUT2D eigenvalue weighted by atomic mass is 10.5. The van der Waals surface area contributed by atoms with Gasteiger partial charge < -0.3 is 11.5 Å². The molecule has 21 heavy (non-hydrogen) atoms. The molecule has 14 heteroatoms. The SMILES string of the molecule is CCCOS(=O)(=O)O.CCCOS(=O)(=O)O.NC(N)=O.S. The van der Waals surface area contributed by atoms with E-state index in [1.807, 2.05) is 0 Å². The Morgan fingerprint density at radius 2 is 1.10 bits per heavy atom. The van der Waals surface area contributed by atoms with Crippen molar-refractivity contribution in [3.05, 3.63) is 0 Å². The van der Waals surface area contributed by atoms with Crippen molar-refractivity contribution in [1.82, 2.24) is 0 Å². The Kier molecular flexibility index (Phi) is 21.4. The minimum atomic E-state index is -4.19. The summed E-state index contributed by atoms with van der Waals surface area (Å²) in [7, 11) is -8.37. The Labute approximate surface area is 131 Å². The fourth-order valence-corrected chi connectivity index (χ4v) is 1.13. The van der Waals surface area contributed by atoms with Crippen LogP contribution >= 0.6 is 13.5 Å². The molecular formula is C7H22N2O9S3. The molecule has 6 N–H and O–H groups in total. The third-order valence-corrected chi connectivity index (χ3v) is 1.80. The zero-order valence-corrected chi connectivity index (χ0v) is 14.2. The fraction of sp³-hybridized carbons (Fsp3) is 0.857. The fourth-order valence-electron chi connectivity index (χ4n) is 0.377. The second-order valence-electron chi connectivity index (χ2n) is 2.90. The lowest BCUT2D eigenvalue weighted by Crippen LogP contribution is -2.18. The van der Waals surface area contributed by atoms with Crippen molar-refractivity contribution in [2.45, 2.75) is 26.7 Å². The molecule has 0 unspecified atom stereocenters. The van der Waals surface area contributed by atoms with Crippen LogP contribution in [-0.4, -0.2) is 45.2 Å². The van der Waals surface area contributed by atoms with E-state index >= 15 is 0 Å². The molecule has 0 rings (SSSR count). The normalized spacial score (nSPS) is 10.1. The van der Waals surface area contributed by atoms with Crippen molar-refractivity contribution in [3.63, 3.8) is 0 Å². The summed E-state index contributed by atoms with van der Waals surface area (Å²) in [6, 6.07) is -0.833. The van der Waals surface area contributed by atoms with Gasteiger partial charge in [0.2, 0.25) is 0 Å². The minimum absolute atomic E-state index is 0. The number of nitrogens with two attached hydrogens (primary N) is 2. The molecule has 132 valence electrons. The van der Waals surface area contributed by atoms with E-state index in [1.165, 1.54) is 0 Å². The van der Waals surface area contributed by atoms with Crippen LogP contribution < -0.4 is 11.5 Å². The summed E-state index contributed by atoms with van der Waals surface area (Å²) >= 11 is 0. The average molecular weight is 374 g/mol. The third kappa shape index (κ3) is 66.6. The highest BCUT2D eigenvalue weighted by Gasteiger charge is 2.00. The molecule has 0 saturated carbocycles. The van der Waals surface area contributed by atoms with Crippen LogP contribution in [0.25, 0.3) is 0 Å². The van der Waals surface area contributed by atoms with Crippen molar-refractivity contribution in [2.75, 3.05) is 13.2 Å². The summed E-state index contributed by atoms with van der Waals surface area (Å²) in [4.78, 5) is 9.00. The van der Waals surface area contributed by atoms with Gasteiger partial charge >= 0.3 is 26.8 Å². The quantitative estimate of drug-likeness (QED) is 0.445. The van der Waals surface area contributed by atoms with E-state index in [-0.39, 0.29) is 26.7 Å². The predicted molar refractivity (Wildman–Crippen MR) is 79.7 cm³/mol. The summed E-state index contributed by atoms with van der Waals surface area (Å²) in [6.07, 6.45) is 1.14. The van der Waals surface area contributed by atoms with Gasteiger partial charge in [0.25, 0.3) is 0 Å². The van der Waals surface area contributed by atoms with E-state index in [1.54, 1.807) is 13.8 Å². The first kappa shape index (κ1) is 28.5. The van der Waals surface area contributed by atoms with Crippen molar-refractivity contribution in [2.24, 2.45) is 11.5 Å². The summed E-state index contributed by atoms with van der Waals surface area (Å²) < 4.78 is 62.5. The first-order valence-electron chi connectivity index (χ1n) is 5.14. The van der Waals surface area contributed by atoms with Crippen LogP contribution in [0.15, 0.2) is 0 Å². The summed E-state index contributed by atoms with van der Waals surface area (Å²) in [5.41, 5.74) is 8.50. The van der Waals surface area contributed by atoms with Crippen LogP contribution in [0, 0.1) is 0 Å². The highest BCUT2D eigenvalue weighted by Crippen LogP contribution is 1.87. The maximum Gasteiger partial charge on any atom is 0.397 e. The summed E-state index contributed by atoms with van der Waals surface area (Å²) in [5, 5.41) is 0. The van der Waals surface area contributed by atoms with Crippen LogP contribution in [0.1, 0.15) is 26.7 Å². The van der Waals surface area contributed by atoms with E-state index < -0.39 is 26.8 Å². The second-order valence-corrected chi connectivity index (χ2v) is 5.08. The zero-order valence-electron chi connectivity index (χ0n) is 11.6. The second kappa shape index (κ2) is 15.7. The van der Waals surface area contributed by atoms with Gasteiger partial charge in [-0.15, -0.1) is 0 Å². The molecule has 0 aliphatic carbocycles. The molecule has 0 aromatic carbocycles. The van der Waals surface area contributed by atoms with Gasteiger partial charge in [0.05, 0.1) is 13.2 Å². The van der Waals surface area contributed by atoms with Gasteiger partial charge in [-0.1, -0.05) is 13.8 Å². The minimum Gasteiger partial charge on any atom is -0.352 e. The number of hydrogen-bond donors (Lipinski definition) is 4. The van der Waals surface area contributed by atoms with Gasteiger partial charge in [-0.25, -0.2) is 13.2 Å². The molecule has 0 radical (unpaired) electrons. The Morgan fingerprint density at radius 1 is 0.905 bits per heavy atom. The van der Waals surface area contributed by atoms with Gasteiger partial charge in [-0.2, -0.15) is 30.3 Å². The van der Waals surface area contributed by atoms with E-state index in [9.17, 15) is 16.8 Å². The van der Waals surface area contributed by atoms with Crippen LogP contribution in [-0.2, 0) is 29.2 Å². The molecule has 0 aliphatic rings. The Bertz CT molecular complexity index is 394. The number of amides is 2. The molecule has 0 fully saturated rings. The first-order valence-corrected chi connectivity index (χ1v) is 7.87. The number of primary amides is 2. The van der Waals surface area contributed by atoms with Gasteiger partial charge in [-0.3, -0.25) is 9.11 Å². The van der Waals surface area contributed by atoms with Crippen molar-refractivity contribution >= 4 is 40.3 Å². The van der Waals surface area contributed by atoms with Crippen LogP contribution in [0.3, 0.4) is 0 Å².